The van der Waals surface area contributed by atoms with Gasteiger partial charge in [0.15, 0.2) is 0 Å². The topological polar surface area (TPSA) is 87.2 Å². The van der Waals surface area contributed by atoms with E-state index in [9.17, 15) is 4.79 Å². The number of likely N-dealkylation sites (tertiary alicyclic amines) is 1. The third-order valence-electron chi connectivity index (χ3n) is 6.75. The van der Waals surface area contributed by atoms with Crippen molar-refractivity contribution in [1.29, 1.82) is 0 Å². The highest BCUT2D eigenvalue weighted by molar-refractivity contribution is 5.95. The normalized spacial score (nSPS) is 18.5. The largest absolute Gasteiger partial charge is 0.378 e. The molecule has 2 aliphatic heterocycles. The number of nitrogens with zero attached hydrogens (tertiary/aromatic N) is 5. The fraction of sp³-hybridized carbons (Fsp3) is 0.308. The van der Waals surface area contributed by atoms with Crippen LogP contribution < -0.4 is 4.90 Å². The first kappa shape index (κ1) is 20.8. The SMILES string of the molecule is O=C(c1ncc(-c2c[nH]c3ncc(N4CCOCC4)cc23)cn1)N1CCC[C@H]1c1ccccc1. The molecule has 5 heterocycles. The molecule has 0 bridgehead atoms. The van der Waals surface area contributed by atoms with Crippen molar-refractivity contribution in [2.24, 2.45) is 0 Å². The summed E-state index contributed by atoms with van der Waals surface area (Å²) in [6, 6.07) is 12.4. The van der Waals surface area contributed by atoms with Gasteiger partial charge >= 0.3 is 0 Å². The quantitative estimate of drug-likeness (QED) is 0.504. The van der Waals surface area contributed by atoms with Gasteiger partial charge in [-0.15, -0.1) is 0 Å². The van der Waals surface area contributed by atoms with Crippen LogP contribution in [0.3, 0.4) is 0 Å². The zero-order chi connectivity index (χ0) is 22.9. The molecule has 34 heavy (non-hydrogen) atoms. The van der Waals surface area contributed by atoms with Gasteiger partial charge in [0.2, 0.25) is 5.82 Å². The number of hydrogen-bond donors (Lipinski definition) is 1. The predicted octanol–water partition coefficient (Wildman–Crippen LogP) is 3.83. The Morgan fingerprint density at radius 1 is 1.00 bits per heavy atom. The van der Waals surface area contributed by atoms with E-state index in [1.165, 1.54) is 0 Å². The lowest BCUT2D eigenvalue weighted by molar-refractivity contribution is 0.0723. The first-order valence-electron chi connectivity index (χ1n) is 11.8. The predicted molar refractivity (Wildman–Crippen MR) is 130 cm³/mol. The third-order valence-corrected chi connectivity index (χ3v) is 6.75. The van der Waals surface area contributed by atoms with Gasteiger partial charge in [-0.2, -0.15) is 0 Å². The van der Waals surface area contributed by atoms with Crippen LogP contribution in [0.15, 0.2) is 61.2 Å². The van der Waals surface area contributed by atoms with E-state index in [-0.39, 0.29) is 17.8 Å². The number of nitrogens with one attached hydrogen (secondary N) is 1. The van der Waals surface area contributed by atoms with Crippen molar-refractivity contribution < 1.29 is 9.53 Å². The number of H-pyrrole nitrogens is 1. The Kier molecular flexibility index (Phi) is 5.43. The van der Waals surface area contributed by atoms with Crippen molar-refractivity contribution in [2.45, 2.75) is 18.9 Å². The highest BCUT2D eigenvalue weighted by atomic mass is 16.5. The molecule has 6 rings (SSSR count). The molecule has 4 aromatic rings. The number of morpholine rings is 1. The molecular weight excluding hydrogens is 428 g/mol. The van der Waals surface area contributed by atoms with Gasteiger partial charge in [0.25, 0.3) is 5.91 Å². The number of carbonyl (C=O) groups is 1. The Morgan fingerprint density at radius 3 is 2.59 bits per heavy atom. The van der Waals surface area contributed by atoms with E-state index in [0.717, 1.165) is 79.1 Å². The molecular formula is C26H26N6O2. The Labute approximate surface area is 197 Å². The molecule has 8 heteroatoms. The van der Waals surface area contributed by atoms with Crippen LogP contribution in [0, 0.1) is 0 Å². The Balaban J connectivity index is 1.26. The third kappa shape index (κ3) is 3.80. The Hall–Kier alpha value is -3.78. The maximum absolute atomic E-state index is 13.2. The van der Waals surface area contributed by atoms with E-state index in [0.29, 0.717) is 0 Å². The number of anilines is 1. The highest BCUT2D eigenvalue weighted by Gasteiger charge is 2.31. The molecule has 0 saturated carbocycles. The molecule has 0 aliphatic carbocycles. The monoisotopic (exact) mass is 454 g/mol. The van der Waals surface area contributed by atoms with Gasteiger partial charge in [-0.3, -0.25) is 4.79 Å². The van der Waals surface area contributed by atoms with Crippen LogP contribution in [0.2, 0.25) is 0 Å². The van der Waals surface area contributed by atoms with Crippen LogP contribution in [0.5, 0.6) is 0 Å². The summed E-state index contributed by atoms with van der Waals surface area (Å²) in [6.07, 6.45) is 9.23. The lowest BCUT2D eigenvalue weighted by Crippen LogP contribution is -2.36. The maximum atomic E-state index is 13.2. The second kappa shape index (κ2) is 8.87. The number of ether oxygens (including phenoxy) is 1. The number of pyridine rings is 1. The van der Waals surface area contributed by atoms with Gasteiger partial charge < -0.3 is 19.5 Å². The van der Waals surface area contributed by atoms with E-state index in [1.54, 1.807) is 12.4 Å². The number of fused-ring (bicyclic) bond motifs is 1. The smallest absolute Gasteiger partial charge is 0.292 e. The second-order valence-electron chi connectivity index (χ2n) is 8.75. The molecule has 1 atom stereocenters. The van der Waals surface area contributed by atoms with Crippen LogP contribution in [0.25, 0.3) is 22.2 Å². The van der Waals surface area contributed by atoms with E-state index in [4.69, 9.17) is 4.74 Å². The van der Waals surface area contributed by atoms with Crippen molar-refractivity contribution in [1.82, 2.24) is 24.8 Å². The summed E-state index contributed by atoms with van der Waals surface area (Å²) >= 11 is 0. The molecule has 172 valence electrons. The molecule has 1 aromatic carbocycles. The van der Waals surface area contributed by atoms with Gasteiger partial charge in [-0.25, -0.2) is 15.0 Å². The lowest BCUT2D eigenvalue weighted by Gasteiger charge is -2.28. The van der Waals surface area contributed by atoms with Gasteiger partial charge in [-0.05, 0) is 24.5 Å². The molecule has 1 amide bonds. The summed E-state index contributed by atoms with van der Waals surface area (Å²) < 4.78 is 5.47. The molecule has 8 nitrogen and oxygen atoms in total. The number of rotatable bonds is 4. The number of benzene rings is 1. The average Bonchev–Trinajstić information content (AvgIpc) is 3.57. The van der Waals surface area contributed by atoms with Crippen LogP contribution in [-0.2, 0) is 4.74 Å². The molecule has 0 spiro atoms. The van der Waals surface area contributed by atoms with Gasteiger partial charge in [-0.1, -0.05) is 30.3 Å². The number of carbonyl (C=O) groups excluding carboxylic acids is 1. The van der Waals surface area contributed by atoms with E-state index >= 15 is 0 Å². The molecule has 1 N–H and O–H groups in total. The number of amides is 1. The second-order valence-corrected chi connectivity index (χ2v) is 8.75. The zero-order valence-corrected chi connectivity index (χ0v) is 18.9. The van der Waals surface area contributed by atoms with Gasteiger partial charge in [0, 0.05) is 54.7 Å². The van der Waals surface area contributed by atoms with E-state index < -0.39 is 0 Å². The van der Waals surface area contributed by atoms with E-state index in [2.05, 4.69) is 43.0 Å². The first-order valence-corrected chi connectivity index (χ1v) is 11.8. The minimum atomic E-state index is -0.117. The minimum absolute atomic E-state index is 0.0790. The summed E-state index contributed by atoms with van der Waals surface area (Å²) in [7, 11) is 0. The number of aromatic nitrogens is 4. The van der Waals surface area contributed by atoms with Crippen LogP contribution >= 0.6 is 0 Å². The van der Waals surface area contributed by atoms with Crippen molar-refractivity contribution in [3.63, 3.8) is 0 Å². The maximum Gasteiger partial charge on any atom is 0.292 e. The zero-order valence-electron chi connectivity index (χ0n) is 18.9. The van der Waals surface area contributed by atoms with Crippen molar-refractivity contribution in [3.8, 4) is 11.1 Å². The molecule has 3 aromatic heterocycles. The summed E-state index contributed by atoms with van der Waals surface area (Å²) in [4.78, 5) is 34.2. The summed E-state index contributed by atoms with van der Waals surface area (Å²) in [6.45, 7) is 3.88. The number of aromatic amines is 1. The first-order chi connectivity index (χ1) is 16.8. The highest BCUT2D eigenvalue weighted by Crippen LogP contribution is 2.33. The summed E-state index contributed by atoms with van der Waals surface area (Å²) in [5.74, 6) is 0.117. The van der Waals surface area contributed by atoms with Crippen molar-refractivity contribution in [2.75, 3.05) is 37.7 Å². The van der Waals surface area contributed by atoms with Crippen LogP contribution in [0.4, 0.5) is 5.69 Å². The Morgan fingerprint density at radius 2 is 1.79 bits per heavy atom. The van der Waals surface area contributed by atoms with Crippen molar-refractivity contribution in [3.05, 3.63) is 72.6 Å². The molecule has 2 aliphatic rings. The minimum Gasteiger partial charge on any atom is -0.378 e. The number of hydrogen-bond acceptors (Lipinski definition) is 6. The van der Waals surface area contributed by atoms with Crippen LogP contribution in [-0.4, -0.2) is 63.6 Å². The fourth-order valence-electron chi connectivity index (χ4n) is 4.96. The van der Waals surface area contributed by atoms with Gasteiger partial charge in [0.1, 0.15) is 5.65 Å². The van der Waals surface area contributed by atoms with Crippen molar-refractivity contribution >= 4 is 22.6 Å². The van der Waals surface area contributed by atoms with Gasteiger partial charge in [0.05, 0.1) is 31.1 Å². The standard InChI is InChI=1S/C26H26N6O2/c33-26(32-8-4-7-23(32)18-5-2-1-3-6-18)25-27-14-19(15-28-25)22-17-30-24-21(22)13-20(16-29-24)31-9-11-34-12-10-31/h1-3,5-6,13-17,23H,4,7-12H2,(H,29,30)/t23-/m0/s1. The summed E-state index contributed by atoms with van der Waals surface area (Å²) in [5, 5.41) is 1.01. The summed E-state index contributed by atoms with van der Waals surface area (Å²) in [5.41, 5.74) is 4.87. The average molecular weight is 455 g/mol. The lowest BCUT2D eigenvalue weighted by atomic mass is 10.0. The van der Waals surface area contributed by atoms with E-state index in [1.807, 2.05) is 35.5 Å². The molecule has 2 fully saturated rings. The molecule has 0 radical (unpaired) electrons. The Bertz CT molecular complexity index is 1300. The molecule has 2 saturated heterocycles. The fourth-order valence-corrected chi connectivity index (χ4v) is 4.96. The molecule has 0 unspecified atom stereocenters. The van der Waals surface area contributed by atoms with Crippen LogP contribution in [0.1, 0.15) is 35.1 Å².